The minimum atomic E-state index is -0.852. The average molecular weight is 514 g/mol. The van der Waals surface area contributed by atoms with Crippen LogP contribution in [0.2, 0.25) is 5.02 Å². The Morgan fingerprint density at radius 3 is 2.75 bits per heavy atom. The van der Waals surface area contributed by atoms with Gasteiger partial charge in [0.15, 0.2) is 5.70 Å². The summed E-state index contributed by atoms with van der Waals surface area (Å²) in [7, 11) is 0. The number of carbonyl (C=O) groups is 3. The van der Waals surface area contributed by atoms with Gasteiger partial charge in [0.1, 0.15) is 30.5 Å². The van der Waals surface area contributed by atoms with Gasteiger partial charge >= 0.3 is 0 Å². The third-order valence-electron chi connectivity index (χ3n) is 5.30. The number of benzene rings is 1. The third kappa shape index (κ3) is 5.46. The number of amides is 3. The first kappa shape index (κ1) is 25.1. The van der Waals surface area contributed by atoms with Crippen LogP contribution >= 0.6 is 11.6 Å². The summed E-state index contributed by atoms with van der Waals surface area (Å²) in [5.74, 6) is -1.06. The van der Waals surface area contributed by atoms with Gasteiger partial charge in [0.25, 0.3) is 17.7 Å². The molecule has 0 spiro atoms. The predicted octanol–water partition coefficient (Wildman–Crippen LogP) is 0.662. The van der Waals surface area contributed by atoms with Gasteiger partial charge in [0.05, 0.1) is 23.9 Å². The van der Waals surface area contributed by atoms with Gasteiger partial charge in [-0.1, -0.05) is 11.6 Å². The van der Waals surface area contributed by atoms with E-state index in [4.69, 9.17) is 32.5 Å². The van der Waals surface area contributed by atoms with Gasteiger partial charge in [-0.25, -0.2) is 4.98 Å². The molecule has 5 N–H and O–H groups in total. The molecule has 1 fully saturated rings. The molecule has 2 aliphatic rings. The fraction of sp³-hybridized carbons (Fsp3) is 0.261. The van der Waals surface area contributed by atoms with Crippen LogP contribution in [0, 0.1) is 0 Å². The number of primary amides is 1. The van der Waals surface area contributed by atoms with Crippen molar-refractivity contribution in [3.8, 4) is 5.75 Å². The number of carbonyl (C=O) groups excluding carboxylic acids is 3. The number of pyridine rings is 1. The summed E-state index contributed by atoms with van der Waals surface area (Å²) in [6, 6.07) is 8.11. The van der Waals surface area contributed by atoms with E-state index in [1.54, 1.807) is 35.2 Å². The number of hydrogen-bond donors (Lipinski definition) is 3. The van der Waals surface area contributed by atoms with Crippen LogP contribution in [-0.2, 0) is 19.1 Å². The molecular formula is C23H24ClN7O5. The van der Waals surface area contributed by atoms with Crippen molar-refractivity contribution in [1.29, 1.82) is 0 Å². The quantitative estimate of drug-likeness (QED) is 0.463. The molecule has 36 heavy (non-hydrogen) atoms. The first-order valence-electron chi connectivity index (χ1n) is 11.0. The molecule has 12 nitrogen and oxygen atoms in total. The van der Waals surface area contributed by atoms with E-state index >= 15 is 0 Å². The largest absolute Gasteiger partial charge is 0.490 e. The first-order valence-corrected chi connectivity index (χ1v) is 11.4. The summed E-state index contributed by atoms with van der Waals surface area (Å²) < 4.78 is 10.9. The van der Waals surface area contributed by atoms with Gasteiger partial charge in [-0.2, -0.15) is 0 Å². The molecule has 188 valence electrons. The standard InChI is InChI=1S/C23H24ClN7O5/c24-14-1-4-18(28-12-14)31-7-6-27-20(21(31)22(26)33)23(34)29-16-3-2-15(11-17(16)36-9-5-25)30-8-10-35-13-19(30)32/h1-4,6,11-12H,5,7-10,13,25H2,(H2,26,33)(H,29,34). The van der Waals surface area contributed by atoms with Crippen molar-refractivity contribution in [3.63, 3.8) is 0 Å². The fourth-order valence-corrected chi connectivity index (χ4v) is 3.80. The van der Waals surface area contributed by atoms with Crippen LogP contribution in [0.3, 0.4) is 0 Å². The number of rotatable bonds is 8. The lowest BCUT2D eigenvalue weighted by molar-refractivity contribution is -0.125. The monoisotopic (exact) mass is 513 g/mol. The van der Waals surface area contributed by atoms with Crippen LogP contribution in [0.25, 0.3) is 0 Å². The van der Waals surface area contributed by atoms with Crippen LogP contribution in [0.15, 0.2) is 52.9 Å². The maximum Gasteiger partial charge on any atom is 0.276 e. The second kappa shape index (κ2) is 11.2. The van der Waals surface area contributed by atoms with Crippen molar-refractivity contribution < 1.29 is 23.9 Å². The molecule has 0 saturated carbocycles. The molecule has 1 saturated heterocycles. The number of nitrogens with two attached hydrogens (primary N) is 2. The highest BCUT2D eigenvalue weighted by Crippen LogP contribution is 2.32. The SMILES string of the molecule is NCCOc1cc(N2CCOCC2=O)ccc1NC(=O)C1=C(C(N)=O)N(c2ccc(Cl)cn2)CC=N1. The number of halogens is 1. The van der Waals surface area contributed by atoms with E-state index in [0.29, 0.717) is 41.1 Å². The highest BCUT2D eigenvalue weighted by atomic mass is 35.5. The van der Waals surface area contributed by atoms with Gasteiger partial charge in [0.2, 0.25) is 0 Å². The lowest BCUT2D eigenvalue weighted by Gasteiger charge is -2.28. The number of anilines is 3. The van der Waals surface area contributed by atoms with E-state index in [0.717, 1.165) is 0 Å². The lowest BCUT2D eigenvalue weighted by atomic mass is 10.2. The summed E-state index contributed by atoms with van der Waals surface area (Å²) in [6.45, 7) is 1.36. The number of morpholine rings is 1. The molecule has 3 heterocycles. The van der Waals surface area contributed by atoms with Crippen LogP contribution in [-0.4, -0.2) is 68.4 Å². The topological polar surface area (TPSA) is 165 Å². The molecule has 0 bridgehead atoms. The van der Waals surface area contributed by atoms with Crippen LogP contribution in [0.5, 0.6) is 5.75 Å². The van der Waals surface area contributed by atoms with E-state index in [1.165, 1.54) is 17.3 Å². The molecule has 1 aromatic heterocycles. The smallest absolute Gasteiger partial charge is 0.276 e. The van der Waals surface area contributed by atoms with E-state index in [-0.39, 0.29) is 43.6 Å². The first-order chi connectivity index (χ1) is 17.4. The molecule has 0 aliphatic carbocycles. The van der Waals surface area contributed by atoms with Gasteiger partial charge in [-0.05, 0) is 24.3 Å². The Balaban J connectivity index is 1.65. The zero-order valence-corrected chi connectivity index (χ0v) is 19.9. The normalized spacial score (nSPS) is 15.8. The Bertz CT molecular complexity index is 1230. The molecule has 0 atom stereocenters. The molecule has 3 amide bonds. The average Bonchev–Trinajstić information content (AvgIpc) is 2.88. The lowest BCUT2D eigenvalue weighted by Crippen LogP contribution is -2.41. The number of aliphatic imine (C=N–C) groups is 1. The highest BCUT2D eigenvalue weighted by Gasteiger charge is 2.29. The maximum absolute atomic E-state index is 13.3. The van der Waals surface area contributed by atoms with Crippen LogP contribution < -0.4 is 31.3 Å². The van der Waals surface area contributed by atoms with E-state index in [9.17, 15) is 14.4 Å². The number of nitrogens with one attached hydrogen (secondary N) is 1. The Labute approximate surface area is 211 Å². The van der Waals surface area contributed by atoms with Gasteiger partial charge in [0, 0.05) is 37.3 Å². The Morgan fingerprint density at radius 2 is 2.06 bits per heavy atom. The summed E-state index contributed by atoms with van der Waals surface area (Å²) in [5.41, 5.74) is 11.8. The third-order valence-corrected chi connectivity index (χ3v) is 5.53. The van der Waals surface area contributed by atoms with Crippen LogP contribution in [0.1, 0.15) is 0 Å². The Hall–Kier alpha value is -4.00. The highest BCUT2D eigenvalue weighted by molar-refractivity contribution is 6.30. The van der Waals surface area contributed by atoms with Gasteiger partial charge < -0.3 is 36.1 Å². The molecule has 0 unspecified atom stereocenters. The predicted molar refractivity (Wildman–Crippen MR) is 134 cm³/mol. The Kier molecular flexibility index (Phi) is 7.78. The van der Waals surface area contributed by atoms with Gasteiger partial charge in [-0.15, -0.1) is 0 Å². The number of hydrogen-bond acceptors (Lipinski definition) is 9. The summed E-state index contributed by atoms with van der Waals surface area (Å²) >= 11 is 5.92. The molecule has 13 heteroatoms. The van der Waals surface area contributed by atoms with Gasteiger partial charge in [-0.3, -0.25) is 19.4 Å². The molecular weight excluding hydrogens is 490 g/mol. The minimum Gasteiger partial charge on any atom is -0.490 e. The molecule has 2 aromatic rings. The van der Waals surface area contributed by atoms with Crippen LogP contribution in [0.4, 0.5) is 17.2 Å². The van der Waals surface area contributed by atoms with Crippen molar-refractivity contribution in [2.75, 3.05) is 54.6 Å². The molecule has 4 rings (SSSR count). The number of nitrogens with zero attached hydrogens (tertiary/aromatic N) is 4. The van der Waals surface area contributed by atoms with E-state index < -0.39 is 11.8 Å². The summed E-state index contributed by atoms with van der Waals surface area (Å²) in [6.07, 6.45) is 2.89. The van der Waals surface area contributed by atoms with Crippen molar-refractivity contribution in [2.24, 2.45) is 16.5 Å². The summed E-state index contributed by atoms with van der Waals surface area (Å²) in [5, 5.41) is 3.13. The molecule has 0 radical (unpaired) electrons. The van der Waals surface area contributed by atoms with Crippen molar-refractivity contribution in [1.82, 2.24) is 4.98 Å². The second-order valence-electron chi connectivity index (χ2n) is 7.69. The zero-order chi connectivity index (χ0) is 25.7. The van der Waals surface area contributed by atoms with Crippen molar-refractivity contribution >= 4 is 52.7 Å². The molecule has 1 aromatic carbocycles. The van der Waals surface area contributed by atoms with E-state index in [2.05, 4.69) is 15.3 Å². The fourth-order valence-electron chi connectivity index (χ4n) is 3.69. The maximum atomic E-state index is 13.3. The van der Waals surface area contributed by atoms with E-state index in [1.807, 2.05) is 0 Å². The van der Waals surface area contributed by atoms with Crippen molar-refractivity contribution in [2.45, 2.75) is 0 Å². The van der Waals surface area contributed by atoms with Crippen molar-refractivity contribution in [3.05, 3.63) is 52.9 Å². The second-order valence-corrected chi connectivity index (χ2v) is 8.12. The number of aromatic nitrogens is 1. The zero-order valence-electron chi connectivity index (χ0n) is 19.1. The Morgan fingerprint density at radius 1 is 1.22 bits per heavy atom. The number of ether oxygens (including phenoxy) is 2. The molecule has 2 aliphatic heterocycles. The minimum absolute atomic E-state index is 0.0154. The summed E-state index contributed by atoms with van der Waals surface area (Å²) in [4.78, 5) is 49.2.